The topological polar surface area (TPSA) is 75.2 Å². The largest absolute Gasteiger partial charge is 0.339 e. The Morgan fingerprint density at radius 3 is 2.73 bits per heavy atom. The van der Waals surface area contributed by atoms with Crippen LogP contribution in [-0.4, -0.2) is 29.2 Å². The predicted molar refractivity (Wildman–Crippen MR) is 127 cm³/mol. The normalized spacial score (nSPS) is 14.4. The molecule has 4 aromatic rings. The van der Waals surface area contributed by atoms with Gasteiger partial charge in [0.05, 0.1) is 11.1 Å². The van der Waals surface area contributed by atoms with Crippen LogP contribution in [0.25, 0.3) is 10.2 Å². The molecular formula is C22H17BrF2N4O2S2. The number of rotatable bonds is 4. The fourth-order valence-electron chi connectivity index (χ4n) is 3.88. The van der Waals surface area contributed by atoms with Crippen LogP contribution >= 0.6 is 27.3 Å². The molecule has 0 bridgehead atoms. The van der Waals surface area contributed by atoms with E-state index < -0.39 is 26.6 Å². The van der Waals surface area contributed by atoms with Crippen LogP contribution < -0.4 is 5.32 Å². The van der Waals surface area contributed by atoms with Gasteiger partial charge in [0.25, 0.3) is 0 Å². The zero-order valence-electron chi connectivity index (χ0n) is 17.3. The van der Waals surface area contributed by atoms with Gasteiger partial charge in [-0.3, -0.25) is 0 Å². The Morgan fingerprint density at radius 1 is 1.15 bits per heavy atom. The summed E-state index contributed by atoms with van der Waals surface area (Å²) in [6.45, 7) is 2.26. The fraction of sp³-hybridized carbons (Fsp3) is 0.182. The first-order chi connectivity index (χ1) is 15.7. The summed E-state index contributed by atoms with van der Waals surface area (Å²) in [6, 6.07) is 8.44. The minimum Gasteiger partial charge on any atom is -0.339 e. The molecule has 11 heteroatoms. The van der Waals surface area contributed by atoms with Gasteiger partial charge in [0.1, 0.15) is 33.5 Å². The average molecular weight is 551 g/mol. The van der Waals surface area contributed by atoms with Crippen LogP contribution in [0.3, 0.4) is 0 Å². The molecule has 0 saturated carbocycles. The van der Waals surface area contributed by atoms with Gasteiger partial charge < -0.3 is 5.32 Å². The van der Waals surface area contributed by atoms with E-state index in [9.17, 15) is 17.2 Å². The maximum Gasteiger partial charge on any atom is 0.246 e. The number of nitrogens with zero attached hydrogens (tertiary/aromatic N) is 3. The van der Waals surface area contributed by atoms with Crippen molar-refractivity contribution >= 4 is 59.0 Å². The van der Waals surface area contributed by atoms with E-state index in [0.717, 1.165) is 48.5 Å². The number of benzene rings is 2. The highest BCUT2D eigenvalue weighted by molar-refractivity contribution is 9.10. The van der Waals surface area contributed by atoms with Crippen molar-refractivity contribution in [1.82, 2.24) is 14.3 Å². The highest BCUT2D eigenvalue weighted by Crippen LogP contribution is 2.40. The van der Waals surface area contributed by atoms with E-state index in [0.29, 0.717) is 18.3 Å². The molecule has 0 spiro atoms. The molecule has 2 aromatic heterocycles. The standard InChI is InChI=1S/C22H17BrF2N4O2S2/c1-12-2-4-17(15(23)8-12)28-21-20-14-6-7-29(10-18(14)32-22(20)27-11-26-21)33(30,31)19-5-3-13(24)9-16(19)25/h2-5,8-9,11H,6-7,10H2,1H3,(H,26,27,28). The van der Waals surface area contributed by atoms with E-state index in [-0.39, 0.29) is 13.1 Å². The molecule has 0 radical (unpaired) electrons. The molecule has 33 heavy (non-hydrogen) atoms. The molecule has 0 amide bonds. The average Bonchev–Trinajstić information content (AvgIpc) is 3.14. The molecule has 1 N–H and O–H groups in total. The van der Waals surface area contributed by atoms with Crippen LogP contribution in [0.2, 0.25) is 0 Å². The Hall–Kier alpha value is -2.47. The lowest BCUT2D eigenvalue weighted by Gasteiger charge is -2.26. The fourth-order valence-corrected chi connectivity index (χ4v) is 7.21. The maximum atomic E-state index is 14.2. The van der Waals surface area contributed by atoms with E-state index in [1.54, 1.807) is 0 Å². The van der Waals surface area contributed by atoms with E-state index in [1.165, 1.54) is 22.0 Å². The van der Waals surface area contributed by atoms with E-state index in [1.807, 2.05) is 25.1 Å². The Labute approximate surface area is 201 Å². The third-order valence-electron chi connectivity index (χ3n) is 5.49. The lowest BCUT2D eigenvalue weighted by Crippen LogP contribution is -2.35. The zero-order valence-corrected chi connectivity index (χ0v) is 20.5. The second-order valence-electron chi connectivity index (χ2n) is 7.68. The highest BCUT2D eigenvalue weighted by Gasteiger charge is 2.33. The molecule has 0 saturated heterocycles. The highest BCUT2D eigenvalue weighted by atomic mass is 79.9. The summed E-state index contributed by atoms with van der Waals surface area (Å²) >= 11 is 4.96. The van der Waals surface area contributed by atoms with Crippen molar-refractivity contribution in [3.8, 4) is 0 Å². The Morgan fingerprint density at radius 2 is 1.97 bits per heavy atom. The second kappa shape index (κ2) is 8.39. The summed E-state index contributed by atoms with van der Waals surface area (Å²) in [7, 11) is -4.12. The zero-order chi connectivity index (χ0) is 23.3. The molecule has 0 atom stereocenters. The van der Waals surface area contributed by atoms with Gasteiger partial charge in [-0.2, -0.15) is 4.31 Å². The summed E-state index contributed by atoms with van der Waals surface area (Å²) in [4.78, 5) is 9.85. The smallest absolute Gasteiger partial charge is 0.246 e. The lowest BCUT2D eigenvalue weighted by molar-refractivity contribution is 0.393. The monoisotopic (exact) mass is 550 g/mol. The van der Waals surface area contributed by atoms with Gasteiger partial charge in [0.15, 0.2) is 0 Å². The molecule has 0 unspecified atom stereocenters. The third kappa shape index (κ3) is 4.03. The number of fused-ring (bicyclic) bond motifs is 3. The molecule has 6 nitrogen and oxygen atoms in total. The molecule has 1 aliphatic heterocycles. The number of anilines is 2. The first-order valence-electron chi connectivity index (χ1n) is 9.97. The Balaban J connectivity index is 1.51. The molecule has 0 aliphatic carbocycles. The molecule has 5 rings (SSSR count). The number of sulfonamides is 1. The summed E-state index contributed by atoms with van der Waals surface area (Å²) in [5, 5.41) is 4.21. The SMILES string of the molecule is Cc1ccc(Nc2ncnc3sc4c(c23)CCN(S(=O)(=O)c2ccc(F)cc2F)C4)c(Br)c1. The molecule has 3 heterocycles. The van der Waals surface area contributed by atoms with E-state index in [4.69, 9.17) is 0 Å². The molecular weight excluding hydrogens is 534 g/mol. The molecule has 170 valence electrons. The van der Waals surface area contributed by atoms with Gasteiger partial charge in [0.2, 0.25) is 10.0 Å². The van der Waals surface area contributed by atoms with Crippen molar-refractivity contribution < 1.29 is 17.2 Å². The number of nitrogens with one attached hydrogen (secondary N) is 1. The van der Waals surface area contributed by atoms with Gasteiger partial charge >= 0.3 is 0 Å². The van der Waals surface area contributed by atoms with Crippen molar-refractivity contribution in [2.45, 2.75) is 24.8 Å². The van der Waals surface area contributed by atoms with Crippen LogP contribution in [0.15, 0.2) is 52.1 Å². The van der Waals surface area contributed by atoms with Crippen LogP contribution in [0.1, 0.15) is 16.0 Å². The number of aromatic nitrogens is 2. The third-order valence-corrected chi connectivity index (χ3v) is 9.15. The van der Waals surface area contributed by atoms with Gasteiger partial charge in [-0.1, -0.05) is 6.07 Å². The van der Waals surface area contributed by atoms with Crippen molar-refractivity contribution in [2.24, 2.45) is 0 Å². The number of hydrogen-bond acceptors (Lipinski definition) is 6. The molecule has 2 aromatic carbocycles. The van der Waals surface area contributed by atoms with E-state index >= 15 is 0 Å². The van der Waals surface area contributed by atoms with Crippen LogP contribution in [0, 0.1) is 18.6 Å². The van der Waals surface area contributed by atoms with Gasteiger partial charge in [0, 0.05) is 28.5 Å². The number of hydrogen-bond donors (Lipinski definition) is 1. The van der Waals surface area contributed by atoms with Crippen LogP contribution in [-0.2, 0) is 23.0 Å². The number of thiophene rings is 1. The summed E-state index contributed by atoms with van der Waals surface area (Å²) in [5.41, 5.74) is 2.95. The lowest BCUT2D eigenvalue weighted by atomic mass is 10.1. The minimum absolute atomic E-state index is 0.0865. The quantitative estimate of drug-likeness (QED) is 0.361. The van der Waals surface area contributed by atoms with Gasteiger partial charge in [-0.05, 0) is 64.7 Å². The van der Waals surface area contributed by atoms with E-state index in [2.05, 4.69) is 31.2 Å². The minimum atomic E-state index is -4.12. The first kappa shape index (κ1) is 22.3. The summed E-state index contributed by atoms with van der Waals surface area (Å²) in [5.74, 6) is -1.28. The summed E-state index contributed by atoms with van der Waals surface area (Å²) in [6.07, 6.45) is 1.89. The van der Waals surface area contributed by atoms with Crippen LogP contribution in [0.5, 0.6) is 0 Å². The molecule has 0 fully saturated rings. The number of aryl methyl sites for hydroxylation is 1. The van der Waals surface area contributed by atoms with Gasteiger partial charge in [-0.15, -0.1) is 11.3 Å². The Bertz CT molecular complexity index is 1510. The maximum absolute atomic E-state index is 14.2. The van der Waals surface area contributed by atoms with Crippen molar-refractivity contribution in [3.05, 3.63) is 74.8 Å². The predicted octanol–water partition coefficient (Wildman–Crippen LogP) is 5.53. The summed E-state index contributed by atoms with van der Waals surface area (Å²) < 4.78 is 55.7. The van der Waals surface area contributed by atoms with Crippen LogP contribution in [0.4, 0.5) is 20.3 Å². The first-order valence-corrected chi connectivity index (χ1v) is 13.0. The van der Waals surface area contributed by atoms with Crippen molar-refractivity contribution in [3.63, 3.8) is 0 Å². The number of halogens is 3. The van der Waals surface area contributed by atoms with Crippen molar-refractivity contribution in [2.75, 3.05) is 11.9 Å². The molecule has 1 aliphatic rings. The second-order valence-corrected chi connectivity index (χ2v) is 11.5. The van der Waals surface area contributed by atoms with Gasteiger partial charge in [-0.25, -0.2) is 27.2 Å². The Kier molecular flexibility index (Phi) is 5.68. The van der Waals surface area contributed by atoms with Crippen molar-refractivity contribution in [1.29, 1.82) is 0 Å².